The predicted molar refractivity (Wildman–Crippen MR) is 101 cm³/mol. The van der Waals surface area contributed by atoms with Gasteiger partial charge in [-0.25, -0.2) is 0 Å². The lowest BCUT2D eigenvalue weighted by Gasteiger charge is -2.14. The van der Waals surface area contributed by atoms with Crippen molar-refractivity contribution < 1.29 is 9.90 Å². The molecule has 25 heavy (non-hydrogen) atoms. The van der Waals surface area contributed by atoms with E-state index in [2.05, 4.69) is 18.7 Å². The minimum absolute atomic E-state index is 0.0576. The van der Waals surface area contributed by atoms with Crippen LogP contribution in [0, 0.1) is 0 Å². The molecular formula is C23H20O2. The van der Waals surface area contributed by atoms with Crippen molar-refractivity contribution in [2.75, 3.05) is 0 Å². The highest BCUT2D eigenvalue weighted by atomic mass is 16.3. The smallest absolute Gasteiger partial charge is 0.196 e. The Morgan fingerprint density at radius 1 is 0.920 bits per heavy atom. The highest BCUT2D eigenvalue weighted by molar-refractivity contribution is 6.10. The van der Waals surface area contributed by atoms with Gasteiger partial charge < -0.3 is 5.11 Å². The van der Waals surface area contributed by atoms with Crippen LogP contribution in [0.25, 0.3) is 0 Å². The fourth-order valence-electron chi connectivity index (χ4n) is 2.96. The number of hydrogen-bond donors (Lipinski definition) is 1. The first-order valence-corrected chi connectivity index (χ1v) is 8.29. The van der Waals surface area contributed by atoms with Crippen LogP contribution in [0.15, 0.2) is 85.5 Å². The number of phenols is 1. The van der Waals surface area contributed by atoms with Crippen LogP contribution in [-0.4, -0.2) is 10.9 Å². The maximum atomic E-state index is 12.7. The molecule has 2 nitrogen and oxygen atoms in total. The summed E-state index contributed by atoms with van der Waals surface area (Å²) in [5, 5.41) is 10.7. The lowest BCUT2D eigenvalue weighted by atomic mass is 9.92. The third-order valence-corrected chi connectivity index (χ3v) is 4.25. The Balaban J connectivity index is 2.01. The monoisotopic (exact) mass is 328 g/mol. The Morgan fingerprint density at radius 3 is 2.20 bits per heavy atom. The maximum absolute atomic E-state index is 12.7. The lowest BCUT2D eigenvalue weighted by molar-refractivity contribution is 0.103. The van der Waals surface area contributed by atoms with E-state index in [1.165, 1.54) is 0 Å². The van der Waals surface area contributed by atoms with Gasteiger partial charge in [-0.2, -0.15) is 0 Å². The second kappa shape index (κ2) is 7.63. The summed E-state index contributed by atoms with van der Waals surface area (Å²) >= 11 is 0. The van der Waals surface area contributed by atoms with Crippen molar-refractivity contribution in [3.63, 3.8) is 0 Å². The van der Waals surface area contributed by atoms with Crippen molar-refractivity contribution in [2.24, 2.45) is 0 Å². The van der Waals surface area contributed by atoms with Crippen LogP contribution in [0.1, 0.15) is 32.6 Å². The lowest BCUT2D eigenvalue weighted by Crippen LogP contribution is -2.05. The van der Waals surface area contributed by atoms with E-state index in [0.29, 0.717) is 24.0 Å². The Morgan fingerprint density at radius 2 is 1.56 bits per heavy atom. The van der Waals surface area contributed by atoms with E-state index in [1.807, 2.05) is 42.5 Å². The van der Waals surface area contributed by atoms with Crippen LogP contribution in [0.3, 0.4) is 0 Å². The third-order valence-electron chi connectivity index (χ3n) is 4.25. The van der Waals surface area contributed by atoms with Crippen LogP contribution in [0.4, 0.5) is 0 Å². The number of carbonyl (C=O) groups excluding carboxylic acids is 1. The molecule has 0 aliphatic rings. The van der Waals surface area contributed by atoms with E-state index in [9.17, 15) is 9.90 Å². The van der Waals surface area contributed by atoms with Crippen molar-refractivity contribution in [3.8, 4) is 5.75 Å². The molecule has 0 aromatic heterocycles. The van der Waals surface area contributed by atoms with Gasteiger partial charge in [-0.15, -0.1) is 6.58 Å². The number of rotatable bonds is 6. The average Bonchev–Trinajstić information content (AvgIpc) is 2.66. The Bertz CT molecular complexity index is 881. The largest absolute Gasteiger partial charge is 0.507 e. The van der Waals surface area contributed by atoms with Crippen molar-refractivity contribution in [1.29, 1.82) is 0 Å². The molecule has 3 aromatic rings. The molecule has 0 saturated heterocycles. The Hall–Kier alpha value is -3.13. The van der Waals surface area contributed by atoms with E-state index in [0.717, 1.165) is 16.7 Å². The van der Waals surface area contributed by atoms with Gasteiger partial charge >= 0.3 is 0 Å². The number of carbonyl (C=O) groups is 1. The first-order valence-electron chi connectivity index (χ1n) is 8.29. The summed E-state index contributed by atoms with van der Waals surface area (Å²) in [6, 6.07) is 22.7. The van der Waals surface area contributed by atoms with Crippen molar-refractivity contribution >= 4 is 5.78 Å². The molecule has 0 heterocycles. The number of aromatic hydroxyl groups is 1. The summed E-state index contributed by atoms with van der Waals surface area (Å²) in [5.41, 5.74) is 3.83. The molecule has 0 radical (unpaired) electrons. The molecule has 124 valence electrons. The molecule has 0 saturated carbocycles. The van der Waals surface area contributed by atoms with Crippen molar-refractivity contribution in [2.45, 2.75) is 12.8 Å². The molecule has 0 atom stereocenters. The molecule has 0 aliphatic heterocycles. The second-order valence-electron chi connectivity index (χ2n) is 5.95. The topological polar surface area (TPSA) is 37.3 Å². The van der Waals surface area contributed by atoms with E-state index in [-0.39, 0.29) is 11.5 Å². The summed E-state index contributed by atoms with van der Waals surface area (Å²) in [4.78, 5) is 12.7. The van der Waals surface area contributed by atoms with Crippen LogP contribution >= 0.6 is 0 Å². The first-order chi connectivity index (χ1) is 12.2. The summed E-state index contributed by atoms with van der Waals surface area (Å²) in [6.07, 6.45) is 2.97. The Labute approximate surface area is 148 Å². The van der Waals surface area contributed by atoms with Crippen molar-refractivity contribution in [1.82, 2.24) is 0 Å². The standard InChI is InChI=1S/C23H20O2/c1-2-9-20-19(16-17-10-5-3-6-11-17)14-15-21(23(20)25)22(24)18-12-7-4-8-13-18/h2-8,10-15,25H,1,9,16H2. The van der Waals surface area contributed by atoms with E-state index >= 15 is 0 Å². The second-order valence-corrected chi connectivity index (χ2v) is 5.95. The molecule has 2 heteroatoms. The van der Waals surface area contributed by atoms with Gasteiger partial charge in [0.25, 0.3) is 0 Å². The SMILES string of the molecule is C=CCc1c(Cc2ccccc2)ccc(C(=O)c2ccccc2)c1O. The molecule has 0 unspecified atom stereocenters. The van der Waals surface area contributed by atoms with Crippen LogP contribution in [0.2, 0.25) is 0 Å². The van der Waals surface area contributed by atoms with E-state index < -0.39 is 0 Å². The number of ketones is 1. The van der Waals surface area contributed by atoms with E-state index in [4.69, 9.17) is 0 Å². The van der Waals surface area contributed by atoms with Crippen LogP contribution in [-0.2, 0) is 12.8 Å². The molecule has 0 aliphatic carbocycles. The summed E-state index contributed by atoms with van der Waals surface area (Å²) in [6.45, 7) is 3.78. The molecule has 0 bridgehead atoms. The highest BCUT2D eigenvalue weighted by Gasteiger charge is 2.18. The molecule has 0 amide bonds. The zero-order valence-electron chi connectivity index (χ0n) is 14.0. The van der Waals surface area contributed by atoms with Crippen LogP contribution < -0.4 is 0 Å². The summed E-state index contributed by atoms with van der Waals surface area (Å²) in [7, 11) is 0. The molecule has 1 N–H and O–H groups in total. The van der Waals surface area contributed by atoms with Gasteiger partial charge in [-0.1, -0.05) is 72.8 Å². The van der Waals surface area contributed by atoms with Gasteiger partial charge in [-0.3, -0.25) is 4.79 Å². The first kappa shape index (κ1) is 16.7. The van der Waals surface area contributed by atoms with Gasteiger partial charge in [0.15, 0.2) is 5.78 Å². The number of phenolic OH excluding ortho intramolecular Hbond substituents is 1. The minimum Gasteiger partial charge on any atom is -0.507 e. The molecule has 3 aromatic carbocycles. The van der Waals surface area contributed by atoms with Gasteiger partial charge in [0.05, 0.1) is 5.56 Å². The molecule has 0 spiro atoms. The van der Waals surface area contributed by atoms with Crippen LogP contribution in [0.5, 0.6) is 5.75 Å². The van der Waals surface area contributed by atoms with Gasteiger partial charge in [-0.05, 0) is 30.0 Å². The number of benzene rings is 3. The number of hydrogen-bond acceptors (Lipinski definition) is 2. The van der Waals surface area contributed by atoms with Gasteiger partial charge in [0.2, 0.25) is 0 Å². The molecule has 0 fully saturated rings. The zero-order chi connectivity index (χ0) is 17.6. The predicted octanol–water partition coefficient (Wildman–Crippen LogP) is 4.94. The minimum atomic E-state index is -0.172. The van der Waals surface area contributed by atoms with Crippen molar-refractivity contribution in [3.05, 3.63) is 113 Å². The van der Waals surface area contributed by atoms with E-state index in [1.54, 1.807) is 24.3 Å². The average molecular weight is 328 g/mol. The molecular weight excluding hydrogens is 308 g/mol. The third kappa shape index (κ3) is 3.69. The quantitative estimate of drug-likeness (QED) is 0.514. The fourth-order valence-corrected chi connectivity index (χ4v) is 2.96. The van der Waals surface area contributed by atoms with Gasteiger partial charge in [0, 0.05) is 11.1 Å². The number of allylic oxidation sites excluding steroid dienone is 1. The summed E-state index contributed by atoms with van der Waals surface area (Å²) < 4.78 is 0. The summed E-state index contributed by atoms with van der Waals surface area (Å²) in [5.74, 6) is -0.114. The maximum Gasteiger partial charge on any atom is 0.196 e. The van der Waals surface area contributed by atoms with Gasteiger partial charge in [0.1, 0.15) is 5.75 Å². The normalized spacial score (nSPS) is 10.4. The molecule has 3 rings (SSSR count). The Kier molecular flexibility index (Phi) is 5.10. The zero-order valence-corrected chi connectivity index (χ0v) is 14.0. The highest BCUT2D eigenvalue weighted by Crippen LogP contribution is 2.30. The fraction of sp³-hybridized carbons (Fsp3) is 0.0870.